The van der Waals surface area contributed by atoms with Gasteiger partial charge in [-0.25, -0.2) is 0 Å². The number of rotatable bonds is 7. The van der Waals surface area contributed by atoms with Gasteiger partial charge in [0.2, 0.25) is 5.91 Å². The van der Waals surface area contributed by atoms with Gasteiger partial charge in [-0.05, 0) is 26.3 Å². The Kier molecular flexibility index (Phi) is 6.49. The van der Waals surface area contributed by atoms with Crippen LogP contribution in [0.4, 0.5) is 5.69 Å². The van der Waals surface area contributed by atoms with Crippen molar-refractivity contribution in [2.45, 2.75) is 33.2 Å². The Morgan fingerprint density at radius 1 is 1.35 bits per heavy atom. The highest BCUT2D eigenvalue weighted by molar-refractivity contribution is 6.00. The average molecular weight is 278 g/mol. The Morgan fingerprint density at radius 3 is 2.75 bits per heavy atom. The third-order valence-electron chi connectivity index (χ3n) is 2.49. The van der Waals surface area contributed by atoms with Crippen LogP contribution >= 0.6 is 0 Å². The number of anilines is 1. The Labute approximate surface area is 119 Å². The fourth-order valence-corrected chi connectivity index (χ4v) is 1.62. The topological polar surface area (TPSA) is 83.1 Å². The molecule has 0 spiro atoms. The number of pyridine rings is 1. The van der Waals surface area contributed by atoms with E-state index in [0.29, 0.717) is 5.56 Å². The summed E-state index contributed by atoms with van der Waals surface area (Å²) in [5.74, 6) is -0.518. The molecule has 1 aromatic rings. The van der Waals surface area contributed by atoms with Crippen LogP contribution in [0.25, 0.3) is 0 Å². The third-order valence-corrected chi connectivity index (χ3v) is 2.49. The zero-order valence-corrected chi connectivity index (χ0v) is 12.2. The summed E-state index contributed by atoms with van der Waals surface area (Å²) in [6, 6.07) is 1.80. The first-order chi connectivity index (χ1) is 9.54. The summed E-state index contributed by atoms with van der Waals surface area (Å²) in [6.07, 6.45) is 4.08. The van der Waals surface area contributed by atoms with Gasteiger partial charge in [0, 0.05) is 25.0 Å². The molecule has 3 N–H and O–H groups in total. The SMILES string of the molecule is CCCNc1ccncc1C(=O)NCC(=O)NC(C)C. The van der Waals surface area contributed by atoms with Crippen molar-refractivity contribution in [2.24, 2.45) is 0 Å². The highest BCUT2D eigenvalue weighted by atomic mass is 16.2. The largest absolute Gasteiger partial charge is 0.384 e. The molecule has 0 atom stereocenters. The van der Waals surface area contributed by atoms with Crippen molar-refractivity contribution in [3.63, 3.8) is 0 Å². The Balaban J connectivity index is 2.61. The van der Waals surface area contributed by atoms with Gasteiger partial charge in [0.15, 0.2) is 0 Å². The number of hydrogen-bond donors (Lipinski definition) is 3. The molecule has 1 heterocycles. The number of hydrogen-bond acceptors (Lipinski definition) is 4. The molecule has 0 radical (unpaired) electrons. The molecule has 0 bridgehead atoms. The van der Waals surface area contributed by atoms with Crippen molar-refractivity contribution in [3.05, 3.63) is 24.0 Å². The maximum absolute atomic E-state index is 12.0. The summed E-state index contributed by atoms with van der Waals surface area (Å²) in [5.41, 5.74) is 1.17. The molecule has 0 aliphatic carbocycles. The van der Waals surface area contributed by atoms with Crippen LogP contribution in [0.1, 0.15) is 37.6 Å². The van der Waals surface area contributed by atoms with E-state index in [1.165, 1.54) is 6.20 Å². The summed E-state index contributed by atoms with van der Waals surface area (Å²) in [6.45, 7) is 6.52. The maximum atomic E-state index is 12.0. The second-order valence-corrected chi connectivity index (χ2v) is 4.75. The molecular weight excluding hydrogens is 256 g/mol. The van der Waals surface area contributed by atoms with E-state index in [0.717, 1.165) is 18.7 Å². The molecule has 0 aromatic carbocycles. The summed E-state index contributed by atoms with van der Waals surface area (Å²) in [5, 5.41) is 8.47. The fourth-order valence-electron chi connectivity index (χ4n) is 1.62. The fraction of sp³-hybridized carbons (Fsp3) is 0.500. The van der Waals surface area contributed by atoms with Crippen LogP contribution in [0.15, 0.2) is 18.5 Å². The predicted octanol–water partition coefficient (Wildman–Crippen LogP) is 1.16. The van der Waals surface area contributed by atoms with E-state index >= 15 is 0 Å². The molecular formula is C14H22N4O2. The molecule has 20 heavy (non-hydrogen) atoms. The van der Waals surface area contributed by atoms with E-state index in [1.807, 2.05) is 20.8 Å². The standard InChI is InChI=1S/C14H22N4O2/c1-4-6-16-12-5-7-15-8-11(12)14(20)17-9-13(19)18-10(2)3/h5,7-8,10H,4,6,9H2,1-3H3,(H,15,16)(H,17,20)(H,18,19). The highest BCUT2D eigenvalue weighted by Crippen LogP contribution is 2.13. The van der Waals surface area contributed by atoms with E-state index in [4.69, 9.17) is 0 Å². The van der Waals surface area contributed by atoms with Crippen LogP contribution < -0.4 is 16.0 Å². The van der Waals surface area contributed by atoms with Gasteiger partial charge in [-0.15, -0.1) is 0 Å². The molecule has 0 saturated carbocycles. The number of amides is 2. The van der Waals surface area contributed by atoms with Crippen LogP contribution in [0.3, 0.4) is 0 Å². The van der Waals surface area contributed by atoms with Crippen molar-refractivity contribution in [1.29, 1.82) is 0 Å². The van der Waals surface area contributed by atoms with E-state index in [-0.39, 0.29) is 24.4 Å². The summed E-state index contributed by atoms with van der Waals surface area (Å²) < 4.78 is 0. The maximum Gasteiger partial charge on any atom is 0.255 e. The second-order valence-electron chi connectivity index (χ2n) is 4.75. The first kappa shape index (κ1) is 15.9. The van der Waals surface area contributed by atoms with Crippen molar-refractivity contribution in [1.82, 2.24) is 15.6 Å². The Morgan fingerprint density at radius 2 is 2.10 bits per heavy atom. The molecule has 1 rings (SSSR count). The number of aromatic nitrogens is 1. The third kappa shape index (κ3) is 5.26. The second kappa shape index (κ2) is 8.14. The van der Waals surface area contributed by atoms with Crippen molar-refractivity contribution in [2.75, 3.05) is 18.4 Å². The monoisotopic (exact) mass is 278 g/mol. The molecule has 0 aliphatic rings. The minimum Gasteiger partial charge on any atom is -0.384 e. The minimum atomic E-state index is -0.310. The zero-order valence-electron chi connectivity index (χ0n) is 12.2. The van der Waals surface area contributed by atoms with Gasteiger partial charge in [-0.1, -0.05) is 6.92 Å². The van der Waals surface area contributed by atoms with Gasteiger partial charge in [-0.2, -0.15) is 0 Å². The first-order valence-electron chi connectivity index (χ1n) is 6.80. The molecule has 2 amide bonds. The number of carbonyl (C=O) groups is 2. The lowest BCUT2D eigenvalue weighted by Crippen LogP contribution is -2.40. The van der Waals surface area contributed by atoms with Crippen LogP contribution in [0, 0.1) is 0 Å². The molecule has 0 unspecified atom stereocenters. The molecule has 0 saturated heterocycles. The quantitative estimate of drug-likeness (QED) is 0.699. The van der Waals surface area contributed by atoms with E-state index in [1.54, 1.807) is 12.3 Å². The number of nitrogens with one attached hydrogen (secondary N) is 3. The average Bonchev–Trinajstić information content (AvgIpc) is 2.42. The summed E-state index contributed by atoms with van der Waals surface area (Å²) in [7, 11) is 0. The van der Waals surface area contributed by atoms with Crippen LogP contribution in [0.2, 0.25) is 0 Å². The molecule has 0 aliphatic heterocycles. The molecule has 110 valence electrons. The van der Waals surface area contributed by atoms with Crippen molar-refractivity contribution >= 4 is 17.5 Å². The van der Waals surface area contributed by atoms with Crippen LogP contribution in [-0.2, 0) is 4.79 Å². The first-order valence-corrected chi connectivity index (χ1v) is 6.80. The van der Waals surface area contributed by atoms with Crippen LogP contribution in [-0.4, -0.2) is 35.9 Å². The van der Waals surface area contributed by atoms with Gasteiger partial charge >= 0.3 is 0 Å². The van der Waals surface area contributed by atoms with E-state index in [2.05, 4.69) is 20.9 Å². The van der Waals surface area contributed by atoms with Crippen molar-refractivity contribution in [3.8, 4) is 0 Å². The molecule has 0 fully saturated rings. The summed E-state index contributed by atoms with van der Waals surface area (Å²) >= 11 is 0. The summed E-state index contributed by atoms with van der Waals surface area (Å²) in [4.78, 5) is 27.5. The smallest absolute Gasteiger partial charge is 0.255 e. The van der Waals surface area contributed by atoms with Gasteiger partial charge in [0.05, 0.1) is 17.8 Å². The minimum absolute atomic E-state index is 0.0425. The van der Waals surface area contributed by atoms with E-state index in [9.17, 15) is 9.59 Å². The van der Waals surface area contributed by atoms with E-state index < -0.39 is 0 Å². The molecule has 1 aromatic heterocycles. The predicted molar refractivity (Wildman–Crippen MR) is 78.6 cm³/mol. The van der Waals surface area contributed by atoms with Crippen molar-refractivity contribution < 1.29 is 9.59 Å². The highest BCUT2D eigenvalue weighted by Gasteiger charge is 2.12. The normalized spacial score (nSPS) is 10.2. The number of nitrogens with zero attached hydrogens (tertiary/aromatic N) is 1. The molecule has 6 heteroatoms. The lowest BCUT2D eigenvalue weighted by molar-refractivity contribution is -0.120. The van der Waals surface area contributed by atoms with Gasteiger partial charge in [0.25, 0.3) is 5.91 Å². The number of carbonyl (C=O) groups excluding carboxylic acids is 2. The lowest BCUT2D eigenvalue weighted by atomic mass is 10.2. The Hall–Kier alpha value is -2.11. The van der Waals surface area contributed by atoms with Crippen LogP contribution in [0.5, 0.6) is 0 Å². The van der Waals surface area contributed by atoms with Gasteiger partial charge in [-0.3, -0.25) is 14.6 Å². The molecule has 6 nitrogen and oxygen atoms in total. The Bertz CT molecular complexity index is 460. The van der Waals surface area contributed by atoms with Gasteiger partial charge < -0.3 is 16.0 Å². The zero-order chi connectivity index (χ0) is 15.0. The lowest BCUT2D eigenvalue weighted by Gasteiger charge is -2.12. The van der Waals surface area contributed by atoms with Gasteiger partial charge in [0.1, 0.15) is 0 Å².